The van der Waals surface area contributed by atoms with Crippen LogP contribution in [0, 0.1) is 11.8 Å². The van der Waals surface area contributed by atoms with E-state index < -0.39 is 10.0 Å². The van der Waals surface area contributed by atoms with Crippen molar-refractivity contribution in [2.75, 3.05) is 18.4 Å². The number of nitrogens with one attached hydrogen (secondary N) is 2. The van der Waals surface area contributed by atoms with Crippen LogP contribution in [0.1, 0.15) is 25.3 Å². The van der Waals surface area contributed by atoms with Crippen molar-refractivity contribution in [1.82, 2.24) is 4.72 Å². The fraction of sp³-hybridized carbons (Fsp3) is 0.429. The van der Waals surface area contributed by atoms with Crippen molar-refractivity contribution in [2.45, 2.75) is 31.1 Å². The van der Waals surface area contributed by atoms with Gasteiger partial charge in [0.25, 0.3) is 0 Å². The number of anilines is 1. The maximum absolute atomic E-state index is 12.1. The highest BCUT2D eigenvalue weighted by Crippen LogP contribution is 2.24. The summed E-state index contributed by atoms with van der Waals surface area (Å²) in [5, 5.41) is 3.27. The van der Waals surface area contributed by atoms with Gasteiger partial charge in [-0.1, -0.05) is 0 Å². The summed E-state index contributed by atoms with van der Waals surface area (Å²) in [6.07, 6.45) is 2.49. The molecular formula is C14H18N2O2S. The summed E-state index contributed by atoms with van der Waals surface area (Å²) in [6.45, 7) is 3.04. The molecule has 0 spiro atoms. The van der Waals surface area contributed by atoms with Crippen LogP contribution in [0.3, 0.4) is 0 Å². The largest absolute Gasteiger partial charge is 0.385 e. The number of sulfonamides is 1. The molecule has 0 saturated heterocycles. The van der Waals surface area contributed by atoms with Crippen LogP contribution < -0.4 is 10.0 Å². The van der Waals surface area contributed by atoms with Gasteiger partial charge in [0.15, 0.2) is 0 Å². The Kier molecular flexibility index (Phi) is 4.46. The molecule has 0 amide bonds. The molecule has 2 rings (SSSR count). The smallest absolute Gasteiger partial charge is 0.240 e. The maximum atomic E-state index is 12.1. The lowest BCUT2D eigenvalue weighted by Gasteiger charge is -2.18. The molecule has 0 unspecified atom stereocenters. The van der Waals surface area contributed by atoms with Crippen molar-refractivity contribution in [3.8, 4) is 11.8 Å². The molecule has 1 aliphatic heterocycles. The first-order valence-corrected chi connectivity index (χ1v) is 7.88. The number of hydrogen-bond donors (Lipinski definition) is 2. The zero-order valence-electron chi connectivity index (χ0n) is 11.0. The Morgan fingerprint density at radius 3 is 3.05 bits per heavy atom. The van der Waals surface area contributed by atoms with E-state index in [-0.39, 0.29) is 0 Å². The fourth-order valence-electron chi connectivity index (χ4n) is 2.07. The summed E-state index contributed by atoms with van der Waals surface area (Å²) in [4.78, 5) is 0.333. The predicted octanol–water partition coefficient (Wildman–Crippen LogP) is 1.74. The topological polar surface area (TPSA) is 58.2 Å². The third-order valence-electron chi connectivity index (χ3n) is 3.04. The SMILES string of the molecule is CC#CCCNS(=O)(=O)c1ccc2c(c1)CCCN2. The van der Waals surface area contributed by atoms with E-state index in [9.17, 15) is 8.42 Å². The molecule has 0 radical (unpaired) electrons. The van der Waals surface area contributed by atoms with Gasteiger partial charge in [0, 0.05) is 25.2 Å². The molecule has 0 aliphatic carbocycles. The van der Waals surface area contributed by atoms with Crippen molar-refractivity contribution in [2.24, 2.45) is 0 Å². The van der Waals surface area contributed by atoms with Gasteiger partial charge in [-0.15, -0.1) is 11.8 Å². The van der Waals surface area contributed by atoms with E-state index in [1.165, 1.54) is 0 Å². The number of benzene rings is 1. The third kappa shape index (κ3) is 3.49. The molecule has 0 fully saturated rings. The summed E-state index contributed by atoms with van der Waals surface area (Å²) < 4.78 is 26.8. The molecular weight excluding hydrogens is 260 g/mol. The van der Waals surface area contributed by atoms with Crippen molar-refractivity contribution < 1.29 is 8.42 Å². The van der Waals surface area contributed by atoms with Crippen LogP contribution >= 0.6 is 0 Å². The Labute approximate surface area is 114 Å². The second kappa shape index (κ2) is 6.09. The van der Waals surface area contributed by atoms with Gasteiger partial charge in [0.1, 0.15) is 0 Å². The molecule has 1 aromatic carbocycles. The number of fused-ring (bicyclic) bond motifs is 1. The first-order chi connectivity index (χ1) is 9.13. The second-order valence-electron chi connectivity index (χ2n) is 4.42. The molecule has 102 valence electrons. The second-order valence-corrected chi connectivity index (χ2v) is 6.19. The van der Waals surface area contributed by atoms with Crippen LogP contribution in [0.4, 0.5) is 5.69 Å². The van der Waals surface area contributed by atoms with Gasteiger partial charge in [-0.25, -0.2) is 13.1 Å². The van der Waals surface area contributed by atoms with E-state index in [1.54, 1.807) is 19.1 Å². The van der Waals surface area contributed by atoms with Gasteiger partial charge in [-0.3, -0.25) is 0 Å². The number of aryl methyl sites for hydroxylation is 1. The molecule has 1 aliphatic rings. The van der Waals surface area contributed by atoms with Crippen LogP contribution in [0.25, 0.3) is 0 Å². The van der Waals surface area contributed by atoms with Gasteiger partial charge in [0.2, 0.25) is 10.0 Å². The molecule has 19 heavy (non-hydrogen) atoms. The lowest BCUT2D eigenvalue weighted by atomic mass is 10.0. The third-order valence-corrected chi connectivity index (χ3v) is 4.50. The molecule has 0 atom stereocenters. The van der Waals surface area contributed by atoms with Crippen LogP contribution in [0.5, 0.6) is 0 Å². The van der Waals surface area contributed by atoms with Crippen LogP contribution in [-0.2, 0) is 16.4 Å². The first-order valence-electron chi connectivity index (χ1n) is 6.39. The molecule has 5 heteroatoms. The van der Waals surface area contributed by atoms with E-state index in [1.807, 2.05) is 6.07 Å². The van der Waals surface area contributed by atoms with E-state index >= 15 is 0 Å². The monoisotopic (exact) mass is 278 g/mol. The van der Waals surface area contributed by atoms with Gasteiger partial charge in [-0.05, 0) is 43.5 Å². The minimum Gasteiger partial charge on any atom is -0.385 e. The lowest BCUT2D eigenvalue weighted by molar-refractivity contribution is 0.582. The van der Waals surface area contributed by atoms with Crippen LogP contribution in [-0.4, -0.2) is 21.5 Å². The molecule has 1 aromatic rings. The van der Waals surface area contributed by atoms with E-state index in [2.05, 4.69) is 21.9 Å². The first kappa shape index (κ1) is 13.9. The highest BCUT2D eigenvalue weighted by Gasteiger charge is 2.16. The molecule has 2 N–H and O–H groups in total. The number of hydrogen-bond acceptors (Lipinski definition) is 3. The Morgan fingerprint density at radius 2 is 2.26 bits per heavy atom. The van der Waals surface area contributed by atoms with E-state index in [4.69, 9.17) is 0 Å². The minimum absolute atomic E-state index is 0.333. The standard InChI is InChI=1S/C14H18N2O2S/c1-2-3-4-10-16-19(17,18)13-7-8-14-12(11-13)6-5-9-15-14/h7-8,11,15-16H,4-6,9-10H2,1H3. The van der Waals surface area contributed by atoms with Crippen LogP contribution in [0.15, 0.2) is 23.1 Å². The Hall–Kier alpha value is -1.51. The maximum Gasteiger partial charge on any atom is 0.240 e. The minimum atomic E-state index is -3.42. The molecule has 0 aromatic heterocycles. The summed E-state index contributed by atoms with van der Waals surface area (Å²) in [5.74, 6) is 5.58. The van der Waals surface area contributed by atoms with E-state index in [0.29, 0.717) is 17.9 Å². The molecule has 4 nitrogen and oxygen atoms in total. The highest BCUT2D eigenvalue weighted by molar-refractivity contribution is 7.89. The van der Waals surface area contributed by atoms with Gasteiger partial charge in [-0.2, -0.15) is 0 Å². The zero-order valence-corrected chi connectivity index (χ0v) is 11.8. The number of rotatable bonds is 4. The molecule has 1 heterocycles. The highest BCUT2D eigenvalue weighted by atomic mass is 32.2. The van der Waals surface area contributed by atoms with E-state index in [0.717, 1.165) is 30.6 Å². The zero-order chi connectivity index (χ0) is 13.7. The molecule has 0 bridgehead atoms. The normalized spacial score (nSPS) is 13.9. The summed E-state index contributed by atoms with van der Waals surface area (Å²) in [5.41, 5.74) is 2.12. The van der Waals surface area contributed by atoms with Gasteiger partial charge in [0.05, 0.1) is 4.90 Å². The van der Waals surface area contributed by atoms with Crippen molar-refractivity contribution >= 4 is 15.7 Å². The fourth-order valence-corrected chi connectivity index (χ4v) is 3.16. The van der Waals surface area contributed by atoms with Crippen molar-refractivity contribution in [1.29, 1.82) is 0 Å². The van der Waals surface area contributed by atoms with Crippen molar-refractivity contribution in [3.05, 3.63) is 23.8 Å². The van der Waals surface area contributed by atoms with Crippen molar-refractivity contribution in [3.63, 3.8) is 0 Å². The average molecular weight is 278 g/mol. The summed E-state index contributed by atoms with van der Waals surface area (Å²) >= 11 is 0. The van der Waals surface area contributed by atoms with Gasteiger partial charge < -0.3 is 5.32 Å². The average Bonchev–Trinajstić information content (AvgIpc) is 2.43. The van der Waals surface area contributed by atoms with Crippen LogP contribution in [0.2, 0.25) is 0 Å². The Morgan fingerprint density at radius 1 is 1.42 bits per heavy atom. The quantitative estimate of drug-likeness (QED) is 0.651. The summed E-state index contributed by atoms with van der Waals surface area (Å²) in [7, 11) is -3.42. The summed E-state index contributed by atoms with van der Waals surface area (Å²) in [6, 6.07) is 5.25. The molecule has 0 saturated carbocycles. The Bertz CT molecular complexity index is 612. The van der Waals surface area contributed by atoms with Gasteiger partial charge >= 0.3 is 0 Å². The predicted molar refractivity (Wildman–Crippen MR) is 76.5 cm³/mol. The lowest BCUT2D eigenvalue weighted by Crippen LogP contribution is -2.25. The Balaban J connectivity index is 2.13.